The highest BCUT2D eigenvalue weighted by Gasteiger charge is 2.66. The molecule has 3 aromatic carbocycles. The Kier molecular flexibility index (Phi) is 5.87. The molecule has 4 N–H and O–H groups in total. The molecule has 3 aliphatic carbocycles. The van der Waals surface area contributed by atoms with Crippen molar-refractivity contribution in [3.63, 3.8) is 0 Å². The summed E-state index contributed by atoms with van der Waals surface area (Å²) >= 11 is 0. The first-order chi connectivity index (χ1) is 19.2. The molecule has 0 heterocycles. The zero-order chi connectivity index (χ0) is 29.6. The number of phenols is 1. The summed E-state index contributed by atoms with van der Waals surface area (Å²) < 4.78 is 0. The van der Waals surface area contributed by atoms with Crippen LogP contribution in [0.1, 0.15) is 55.1 Å². The third kappa shape index (κ3) is 3.80. The van der Waals surface area contributed by atoms with Crippen LogP contribution in [-0.4, -0.2) is 44.9 Å². The van der Waals surface area contributed by atoms with E-state index < -0.39 is 63.7 Å². The van der Waals surface area contributed by atoms with Crippen molar-refractivity contribution < 1.29 is 34.2 Å². The Balaban J connectivity index is 1.54. The van der Waals surface area contributed by atoms with Gasteiger partial charge in [0.1, 0.15) is 5.75 Å². The van der Waals surface area contributed by atoms with Crippen LogP contribution in [0.5, 0.6) is 5.75 Å². The number of ketones is 4. The number of primary amides is 1. The van der Waals surface area contributed by atoms with Crippen molar-refractivity contribution in [2.24, 2.45) is 29.4 Å². The molecular weight excluding hydrogens is 522 g/mol. The summed E-state index contributed by atoms with van der Waals surface area (Å²) in [4.78, 5) is 65.8. The number of carbonyl (C=O) groups is 5. The normalized spacial score (nSPS) is 27.8. The molecule has 6 rings (SSSR count). The van der Waals surface area contributed by atoms with Gasteiger partial charge in [0.15, 0.2) is 34.7 Å². The molecule has 8 heteroatoms. The van der Waals surface area contributed by atoms with E-state index >= 15 is 0 Å². The second-order valence-electron chi connectivity index (χ2n) is 12.7. The van der Waals surface area contributed by atoms with Crippen molar-refractivity contribution in [3.05, 3.63) is 65.2 Å². The molecule has 0 saturated heterocycles. The predicted octanol–water partition coefficient (Wildman–Crippen LogP) is 3.44. The second-order valence-corrected chi connectivity index (χ2v) is 12.7. The molecule has 2 saturated carbocycles. The third-order valence-electron chi connectivity index (χ3n) is 9.27. The van der Waals surface area contributed by atoms with Crippen LogP contribution in [-0.2, 0) is 31.0 Å². The number of hydrogen-bond acceptors (Lipinski definition) is 7. The van der Waals surface area contributed by atoms with Crippen molar-refractivity contribution in [1.29, 1.82) is 0 Å². The SMILES string of the molecule is CC(C)(C)c1cc(-c2ccc3ccccc3c2)c2c(c1O)C(=O)C1C(=O)[C@]3(O)C(=O)C(C(N)=O)C(=O)C[C@@H]3C[C@@H]1C2. The van der Waals surface area contributed by atoms with Crippen LogP contribution in [0.4, 0.5) is 0 Å². The minimum absolute atomic E-state index is 0.0167. The number of fused-ring (bicyclic) bond motifs is 4. The van der Waals surface area contributed by atoms with E-state index in [2.05, 4.69) is 0 Å². The molecule has 0 spiro atoms. The van der Waals surface area contributed by atoms with E-state index in [4.69, 9.17) is 5.73 Å². The molecule has 3 aliphatic rings. The fourth-order valence-corrected chi connectivity index (χ4v) is 7.22. The van der Waals surface area contributed by atoms with Crippen LogP contribution in [0.3, 0.4) is 0 Å². The average molecular weight is 554 g/mol. The number of aliphatic hydroxyl groups is 1. The van der Waals surface area contributed by atoms with E-state index in [0.29, 0.717) is 11.1 Å². The van der Waals surface area contributed by atoms with E-state index in [1.54, 1.807) is 0 Å². The van der Waals surface area contributed by atoms with Crippen LogP contribution in [0.25, 0.3) is 21.9 Å². The molecule has 2 fully saturated rings. The molecule has 5 atom stereocenters. The second kappa shape index (κ2) is 8.91. The molecule has 0 aromatic heterocycles. The molecule has 0 radical (unpaired) electrons. The molecule has 1 amide bonds. The molecule has 0 aliphatic heterocycles. The van der Waals surface area contributed by atoms with Gasteiger partial charge >= 0.3 is 0 Å². The van der Waals surface area contributed by atoms with Gasteiger partial charge in [-0.15, -0.1) is 0 Å². The van der Waals surface area contributed by atoms with E-state index in [-0.39, 0.29) is 30.6 Å². The maximum absolute atomic E-state index is 14.2. The molecule has 0 bridgehead atoms. The van der Waals surface area contributed by atoms with Crippen molar-refractivity contribution >= 4 is 39.8 Å². The smallest absolute Gasteiger partial charge is 0.235 e. The van der Waals surface area contributed by atoms with Gasteiger partial charge in [-0.2, -0.15) is 0 Å². The van der Waals surface area contributed by atoms with Gasteiger partial charge in [0.25, 0.3) is 0 Å². The number of hydrogen-bond donors (Lipinski definition) is 3. The monoisotopic (exact) mass is 553 g/mol. The van der Waals surface area contributed by atoms with E-state index in [1.165, 1.54) is 0 Å². The molecular formula is C33H31NO7. The van der Waals surface area contributed by atoms with Gasteiger partial charge in [0.05, 0.1) is 11.5 Å². The number of Topliss-reactive ketones (excluding diaryl/α,β-unsaturated/α-hetero) is 4. The molecule has 210 valence electrons. The fourth-order valence-electron chi connectivity index (χ4n) is 7.22. The highest BCUT2D eigenvalue weighted by atomic mass is 16.3. The maximum atomic E-state index is 14.2. The number of benzene rings is 3. The van der Waals surface area contributed by atoms with E-state index in [0.717, 1.165) is 21.9 Å². The van der Waals surface area contributed by atoms with E-state index in [1.807, 2.05) is 69.3 Å². The van der Waals surface area contributed by atoms with Gasteiger partial charge in [0.2, 0.25) is 5.91 Å². The lowest BCUT2D eigenvalue weighted by atomic mass is 9.53. The van der Waals surface area contributed by atoms with Crippen LogP contribution < -0.4 is 5.73 Å². The first-order valence-electron chi connectivity index (χ1n) is 13.8. The minimum atomic E-state index is -2.67. The lowest BCUT2D eigenvalue weighted by Crippen LogP contribution is -2.68. The molecule has 3 aromatic rings. The van der Waals surface area contributed by atoms with E-state index in [9.17, 15) is 34.2 Å². The first-order valence-corrected chi connectivity index (χ1v) is 13.8. The van der Waals surface area contributed by atoms with Crippen LogP contribution in [0.2, 0.25) is 0 Å². The topological polar surface area (TPSA) is 152 Å². The van der Waals surface area contributed by atoms with Gasteiger partial charge in [0, 0.05) is 17.9 Å². The number of phenolic OH excluding ortho intramolecular Hbond substituents is 1. The Morgan fingerprint density at radius 3 is 2.29 bits per heavy atom. The summed E-state index contributed by atoms with van der Waals surface area (Å²) in [6.45, 7) is 5.74. The third-order valence-corrected chi connectivity index (χ3v) is 9.27. The maximum Gasteiger partial charge on any atom is 0.235 e. The largest absolute Gasteiger partial charge is 0.507 e. The van der Waals surface area contributed by atoms with Gasteiger partial charge in [-0.25, -0.2) is 0 Å². The fraction of sp³-hybridized carbons (Fsp3) is 0.364. The van der Waals surface area contributed by atoms with Crippen molar-refractivity contribution in [1.82, 2.24) is 0 Å². The summed E-state index contributed by atoms with van der Waals surface area (Å²) in [6, 6.07) is 15.8. The van der Waals surface area contributed by atoms with Gasteiger partial charge in [-0.3, -0.25) is 24.0 Å². The highest BCUT2D eigenvalue weighted by Crippen LogP contribution is 2.52. The zero-order valence-corrected chi connectivity index (χ0v) is 23.1. The van der Waals surface area contributed by atoms with Gasteiger partial charge in [-0.05, 0) is 63.8 Å². The van der Waals surface area contributed by atoms with Crippen molar-refractivity contribution in [3.8, 4) is 16.9 Å². The Morgan fingerprint density at radius 2 is 1.63 bits per heavy atom. The highest BCUT2D eigenvalue weighted by molar-refractivity contribution is 6.31. The van der Waals surface area contributed by atoms with Gasteiger partial charge in [-0.1, -0.05) is 57.2 Å². The summed E-state index contributed by atoms with van der Waals surface area (Å²) in [5.74, 6) is -10.1. The lowest BCUT2D eigenvalue weighted by Gasteiger charge is -2.48. The Morgan fingerprint density at radius 1 is 0.951 bits per heavy atom. The number of aromatic hydroxyl groups is 1. The Labute approximate surface area is 236 Å². The van der Waals surface area contributed by atoms with Crippen LogP contribution in [0, 0.1) is 23.7 Å². The summed E-state index contributed by atoms with van der Waals surface area (Å²) in [5.41, 5.74) is 4.80. The quantitative estimate of drug-likeness (QED) is 0.411. The molecule has 41 heavy (non-hydrogen) atoms. The van der Waals surface area contributed by atoms with Gasteiger partial charge < -0.3 is 15.9 Å². The summed E-state index contributed by atoms with van der Waals surface area (Å²) in [5, 5.41) is 25.0. The van der Waals surface area contributed by atoms with Crippen molar-refractivity contribution in [2.75, 3.05) is 0 Å². The number of nitrogens with two attached hydrogens (primary N) is 1. The summed E-state index contributed by atoms with van der Waals surface area (Å²) in [6.07, 6.45) is -0.0799. The number of amides is 1. The standard InChI is InChI=1S/C33H31NO7/c1-32(2,3)22-14-20(17-9-8-15-6-4-5-7-16(15)10-17)21-12-18-11-19-13-23(35)26(31(34)40)30(39)33(19,41)29(38)24(18)28(37)25(21)27(22)36/h4-10,14,18-19,24,26,36,41H,11-13H2,1-3H3,(H2,34,40)/t18-,19+,24?,26?,33+/m1/s1. The average Bonchev–Trinajstić information content (AvgIpc) is 2.89. The number of carbonyl (C=O) groups excluding carboxylic acids is 5. The Bertz CT molecular complexity index is 1710. The predicted molar refractivity (Wildman–Crippen MR) is 150 cm³/mol. The number of rotatable bonds is 2. The lowest BCUT2D eigenvalue weighted by molar-refractivity contribution is -0.175. The van der Waals surface area contributed by atoms with Crippen LogP contribution in [0.15, 0.2) is 48.5 Å². The zero-order valence-electron chi connectivity index (χ0n) is 23.1. The molecule has 2 unspecified atom stereocenters. The molecule has 8 nitrogen and oxygen atoms in total. The first kappa shape index (κ1) is 27.0. The Hall–Kier alpha value is -4.17. The van der Waals surface area contributed by atoms with Crippen LogP contribution >= 0.6 is 0 Å². The summed E-state index contributed by atoms with van der Waals surface area (Å²) in [7, 11) is 0. The van der Waals surface area contributed by atoms with Crippen molar-refractivity contribution in [2.45, 2.75) is 51.0 Å². The minimum Gasteiger partial charge on any atom is -0.507 e.